The molecule has 1 aliphatic carbocycles. The van der Waals surface area contributed by atoms with E-state index in [-0.39, 0.29) is 23.1 Å². The number of rotatable bonds is 4. The van der Waals surface area contributed by atoms with Crippen molar-refractivity contribution in [3.05, 3.63) is 88.1 Å². The number of imidazole rings is 1. The fourth-order valence-corrected chi connectivity index (χ4v) is 6.95. The maximum Gasteiger partial charge on any atom is 0.416 e. The molecular weight excluding hydrogens is 559 g/mol. The quantitative estimate of drug-likeness (QED) is 0.348. The number of likely N-dealkylation sites (tertiary alicyclic amines) is 1. The van der Waals surface area contributed by atoms with E-state index in [0.29, 0.717) is 28.8 Å². The highest BCUT2D eigenvalue weighted by Crippen LogP contribution is 2.40. The van der Waals surface area contributed by atoms with Crippen LogP contribution < -0.4 is 11.0 Å². The summed E-state index contributed by atoms with van der Waals surface area (Å²) in [6.07, 6.45) is -1.49. The number of carbonyl (C=O) groups excluding carboxylic acids is 1. The molecule has 12 heteroatoms. The van der Waals surface area contributed by atoms with Crippen LogP contribution >= 0.6 is 0 Å². The van der Waals surface area contributed by atoms with Crippen molar-refractivity contribution in [2.24, 2.45) is 11.8 Å². The van der Waals surface area contributed by atoms with E-state index in [2.05, 4.69) is 30.6 Å². The van der Waals surface area contributed by atoms with Crippen molar-refractivity contribution >= 4 is 6.03 Å². The number of nitrogens with one attached hydrogen (secondary N) is 1. The minimum absolute atomic E-state index is 0.00929. The van der Waals surface area contributed by atoms with Crippen LogP contribution in [0.25, 0.3) is 22.8 Å². The first kappa shape index (κ1) is 28.5. The first-order valence-electron chi connectivity index (χ1n) is 14.1. The smallest absolute Gasteiger partial charge is 0.335 e. The second-order valence-corrected chi connectivity index (χ2v) is 12.2. The van der Waals surface area contributed by atoms with Gasteiger partial charge in [0.05, 0.1) is 73.3 Å². The summed E-state index contributed by atoms with van der Waals surface area (Å²) >= 11 is 0. The number of carbonyl (C=O) groups is 1. The molecule has 1 saturated heterocycles. The van der Waals surface area contributed by atoms with Gasteiger partial charge in [0.25, 0.3) is 0 Å². The van der Waals surface area contributed by atoms with Crippen molar-refractivity contribution in [3.8, 4) is 28.8 Å². The van der Waals surface area contributed by atoms with E-state index in [1.807, 2.05) is 0 Å². The summed E-state index contributed by atoms with van der Waals surface area (Å²) in [6.45, 7) is 3.64. The highest BCUT2D eigenvalue weighted by molar-refractivity contribution is 5.83. The fraction of sp³-hybridized carbons (Fsp3) is 0.355. The number of aromatic nitrogens is 4. The van der Waals surface area contributed by atoms with Crippen LogP contribution in [0.15, 0.2) is 65.6 Å². The molecule has 1 unspecified atom stereocenters. The summed E-state index contributed by atoms with van der Waals surface area (Å²) in [5.74, 6) is 0.955. The Hall–Kier alpha value is -4.63. The zero-order valence-corrected chi connectivity index (χ0v) is 24.0. The van der Waals surface area contributed by atoms with Gasteiger partial charge in [0.15, 0.2) is 0 Å². The molecule has 4 aromatic rings. The molecule has 222 valence electrons. The second kappa shape index (κ2) is 10.3. The zero-order chi connectivity index (χ0) is 30.7. The average molecular weight is 591 g/mol. The number of fused-ring (bicyclic) bond motifs is 1. The Labute approximate surface area is 246 Å². The monoisotopic (exact) mass is 590 g/mol. The number of hydrogen-bond acceptors (Lipinski definition) is 4. The molecule has 1 saturated carbocycles. The van der Waals surface area contributed by atoms with Crippen LogP contribution in [0.3, 0.4) is 0 Å². The molecule has 2 aliphatic rings. The predicted octanol–water partition coefficient (Wildman–Crippen LogP) is 4.73. The van der Waals surface area contributed by atoms with Gasteiger partial charge in [-0.25, -0.2) is 18.8 Å². The molecule has 9 nitrogen and oxygen atoms in total. The van der Waals surface area contributed by atoms with Crippen molar-refractivity contribution in [1.82, 2.24) is 24.2 Å². The lowest BCUT2D eigenvalue weighted by atomic mass is 10.0. The highest BCUT2D eigenvalue weighted by Gasteiger charge is 2.47. The van der Waals surface area contributed by atoms with Crippen LogP contribution in [0.4, 0.5) is 18.0 Å². The first-order chi connectivity index (χ1) is 20.4. The summed E-state index contributed by atoms with van der Waals surface area (Å²) in [7, 11) is 4.40. The number of nitrogens with zero attached hydrogens (tertiary/aromatic N) is 6. The molecular formula is C31H31F3N7O2+. The number of halogens is 3. The van der Waals surface area contributed by atoms with E-state index < -0.39 is 23.5 Å². The van der Waals surface area contributed by atoms with Gasteiger partial charge >= 0.3 is 17.9 Å². The van der Waals surface area contributed by atoms with E-state index >= 15 is 0 Å². The molecule has 3 atom stereocenters. The summed E-state index contributed by atoms with van der Waals surface area (Å²) in [6, 6.07) is 14.0. The molecule has 3 heterocycles. The number of amides is 1. The van der Waals surface area contributed by atoms with Gasteiger partial charge in [0.2, 0.25) is 0 Å². The molecule has 1 aliphatic heterocycles. The van der Waals surface area contributed by atoms with E-state index in [1.54, 1.807) is 37.3 Å². The Bertz CT molecular complexity index is 1790. The third kappa shape index (κ3) is 5.14. The van der Waals surface area contributed by atoms with Gasteiger partial charge in [0.1, 0.15) is 5.69 Å². The molecule has 43 heavy (non-hydrogen) atoms. The fourth-order valence-electron chi connectivity index (χ4n) is 6.95. The minimum Gasteiger partial charge on any atom is -0.335 e. The van der Waals surface area contributed by atoms with Crippen molar-refractivity contribution in [2.75, 3.05) is 27.2 Å². The van der Waals surface area contributed by atoms with Crippen molar-refractivity contribution in [3.63, 3.8) is 0 Å². The minimum atomic E-state index is -4.61. The van der Waals surface area contributed by atoms with Gasteiger partial charge in [-0.3, -0.25) is 4.57 Å². The SMILES string of the molecule is Cc1c(-c2ccnn2-c2ccc(C#N)cc2)n(C(=O)NC2C[C@@H]3C[N+](C)(C)C[C@@H]3C2)c(=O)n1-c1cccc(C(F)(F)F)c1. The molecule has 2 fully saturated rings. The van der Waals surface area contributed by atoms with Crippen LogP contribution in [0, 0.1) is 30.1 Å². The molecule has 2 aromatic heterocycles. The standard InChI is InChI=1S/C31H30F3N7O2/c1-19-28(27-11-12-36-40(27)25-9-7-20(16-35)8-10-25)39(29(42)37-24-13-21-17-41(2,3)18-22(21)14-24)30(43)38(19)26-6-4-5-23(15-26)31(32,33)34/h4-12,15,21-22,24H,13-14,17-18H2,1-3H3/p+1/t21-,22+,24?. The number of hydrogen-bond donors (Lipinski definition) is 1. The molecule has 0 radical (unpaired) electrons. The molecule has 6 rings (SSSR count). The third-order valence-corrected chi connectivity index (χ3v) is 8.67. The third-order valence-electron chi connectivity index (χ3n) is 8.67. The maximum atomic E-state index is 14.0. The van der Waals surface area contributed by atoms with Crippen molar-refractivity contribution in [1.29, 1.82) is 5.26 Å². The average Bonchev–Trinajstić information content (AvgIpc) is 3.68. The van der Waals surface area contributed by atoms with E-state index in [4.69, 9.17) is 0 Å². The summed E-state index contributed by atoms with van der Waals surface area (Å²) in [5.41, 5.74) is 0.199. The second-order valence-electron chi connectivity index (χ2n) is 12.2. The van der Waals surface area contributed by atoms with Gasteiger partial charge in [-0.05, 0) is 68.3 Å². The van der Waals surface area contributed by atoms with Crippen molar-refractivity contribution < 1.29 is 22.4 Å². The molecule has 2 aromatic carbocycles. The molecule has 1 N–H and O–H groups in total. The molecule has 0 spiro atoms. The maximum absolute atomic E-state index is 14.0. The lowest BCUT2D eigenvalue weighted by Crippen LogP contribution is -2.43. The Morgan fingerprint density at radius 1 is 1.05 bits per heavy atom. The number of benzene rings is 2. The number of nitriles is 1. The van der Waals surface area contributed by atoms with Crippen LogP contribution in [0.1, 0.15) is 29.7 Å². The van der Waals surface area contributed by atoms with Gasteiger partial charge in [-0.15, -0.1) is 0 Å². The van der Waals surface area contributed by atoms with Gasteiger partial charge in [-0.1, -0.05) is 6.07 Å². The Morgan fingerprint density at radius 2 is 1.72 bits per heavy atom. The molecule has 1 amide bonds. The topological polar surface area (TPSA) is 97.6 Å². The summed E-state index contributed by atoms with van der Waals surface area (Å²) < 4.78 is 45.4. The van der Waals surface area contributed by atoms with Crippen LogP contribution in [0.2, 0.25) is 0 Å². The predicted molar refractivity (Wildman–Crippen MR) is 153 cm³/mol. The summed E-state index contributed by atoms with van der Waals surface area (Å²) in [5, 5.41) is 16.7. The largest absolute Gasteiger partial charge is 0.416 e. The van der Waals surface area contributed by atoms with Gasteiger partial charge < -0.3 is 9.80 Å². The Morgan fingerprint density at radius 3 is 2.35 bits per heavy atom. The van der Waals surface area contributed by atoms with E-state index in [1.165, 1.54) is 23.0 Å². The van der Waals surface area contributed by atoms with Gasteiger partial charge in [0, 0.05) is 17.9 Å². The molecule has 0 bridgehead atoms. The van der Waals surface area contributed by atoms with Crippen LogP contribution in [0.5, 0.6) is 0 Å². The first-order valence-corrected chi connectivity index (χ1v) is 14.1. The normalized spacial score (nSPS) is 21.0. The van der Waals surface area contributed by atoms with E-state index in [0.717, 1.165) is 51.7 Å². The van der Waals surface area contributed by atoms with E-state index in [9.17, 15) is 28.0 Å². The number of quaternary nitrogens is 1. The zero-order valence-electron chi connectivity index (χ0n) is 24.0. The van der Waals surface area contributed by atoms with Crippen LogP contribution in [-0.2, 0) is 6.18 Å². The van der Waals surface area contributed by atoms with Crippen LogP contribution in [-0.4, -0.2) is 62.7 Å². The lowest BCUT2D eigenvalue weighted by molar-refractivity contribution is -0.881. The van der Waals surface area contributed by atoms with Gasteiger partial charge in [-0.2, -0.15) is 23.5 Å². The Kier molecular flexibility index (Phi) is 6.81. The van der Waals surface area contributed by atoms with Crippen molar-refractivity contribution in [2.45, 2.75) is 32.0 Å². The summed E-state index contributed by atoms with van der Waals surface area (Å²) in [4.78, 5) is 27.9. The lowest BCUT2D eigenvalue weighted by Gasteiger charge is -2.25. The number of alkyl halides is 3. The highest BCUT2D eigenvalue weighted by atomic mass is 19.4. The Balaban J connectivity index is 1.45.